The molecule has 74 valence electrons. The average Bonchev–Trinajstić information content (AvgIpc) is 1.52. The van der Waals surface area contributed by atoms with Crippen molar-refractivity contribution in [1.82, 2.24) is 4.13 Å². The molecule has 0 atom stereocenters. The lowest BCUT2D eigenvalue weighted by Gasteiger charge is -2.18. The summed E-state index contributed by atoms with van der Waals surface area (Å²) in [6.45, 7) is 4.08. The first-order valence-electron chi connectivity index (χ1n) is 3.01. The summed E-state index contributed by atoms with van der Waals surface area (Å²) in [5, 5.41) is 4.50. The van der Waals surface area contributed by atoms with E-state index in [9.17, 15) is 16.8 Å². The van der Waals surface area contributed by atoms with Crippen LogP contribution in [0.3, 0.4) is 0 Å². The third-order valence-corrected chi connectivity index (χ3v) is 4.45. The number of nitrogens with one attached hydrogen (secondary N) is 1. The van der Waals surface area contributed by atoms with E-state index in [0.717, 1.165) is 0 Å². The highest BCUT2D eigenvalue weighted by Gasteiger charge is 2.31. The van der Waals surface area contributed by atoms with Crippen LogP contribution in [-0.2, 0) is 20.2 Å². The van der Waals surface area contributed by atoms with Crippen LogP contribution in [-0.4, -0.2) is 21.6 Å². The lowest BCUT2D eigenvalue weighted by molar-refractivity contribution is 0.550. The smallest absolute Gasteiger partial charge is 0.215 e. The normalized spacial score (nSPS) is 14.7. The molecule has 0 aromatic carbocycles. The monoisotopic (exact) mass is 216 g/mol. The summed E-state index contributed by atoms with van der Waals surface area (Å²) in [5.74, 6) is 0. The molecule has 0 bridgehead atoms. The molecule has 0 aliphatic carbocycles. The van der Waals surface area contributed by atoms with Gasteiger partial charge in [0.15, 0.2) is 0 Å². The van der Waals surface area contributed by atoms with Gasteiger partial charge in [-0.15, -0.1) is 0 Å². The zero-order valence-corrected chi connectivity index (χ0v) is 8.66. The van der Waals surface area contributed by atoms with E-state index >= 15 is 0 Å². The first-order valence-corrected chi connectivity index (χ1v) is 6.04. The van der Waals surface area contributed by atoms with Gasteiger partial charge in [-0.05, 0) is 20.8 Å². The van der Waals surface area contributed by atoms with Gasteiger partial charge in [0.1, 0.15) is 0 Å². The van der Waals surface area contributed by atoms with Gasteiger partial charge in [-0.2, -0.15) is 8.42 Å². The summed E-state index contributed by atoms with van der Waals surface area (Å²) >= 11 is 0. The number of nitrogens with two attached hydrogens (primary N) is 1. The summed E-state index contributed by atoms with van der Waals surface area (Å²) in [5.41, 5.74) is 0. The van der Waals surface area contributed by atoms with Gasteiger partial charge in [-0.1, -0.05) is 4.13 Å². The Morgan fingerprint density at radius 1 is 1.08 bits per heavy atom. The molecule has 0 aromatic rings. The maximum absolute atomic E-state index is 11.1. The second kappa shape index (κ2) is 2.95. The maximum Gasteiger partial charge on any atom is 0.287 e. The molecule has 0 spiro atoms. The second-order valence-corrected chi connectivity index (χ2v) is 7.23. The molecule has 0 saturated heterocycles. The quantitative estimate of drug-likeness (QED) is 0.611. The fourth-order valence-corrected chi connectivity index (χ4v) is 2.50. The van der Waals surface area contributed by atoms with Gasteiger partial charge in [0, 0.05) is 0 Å². The maximum atomic E-state index is 11.1. The van der Waals surface area contributed by atoms with Crippen molar-refractivity contribution < 1.29 is 16.8 Å². The Hall–Kier alpha value is -0.180. The topological polar surface area (TPSA) is 106 Å². The highest BCUT2D eigenvalue weighted by Crippen LogP contribution is 2.12. The number of rotatable bonds is 2. The minimum absolute atomic E-state index is 1.19. The molecule has 0 aromatic heterocycles. The Kier molecular flexibility index (Phi) is 2.90. The number of sulfonamides is 1. The van der Waals surface area contributed by atoms with Crippen molar-refractivity contribution >= 4 is 20.2 Å². The largest absolute Gasteiger partial charge is 0.287 e. The van der Waals surface area contributed by atoms with Gasteiger partial charge in [-0.3, -0.25) is 0 Å². The van der Waals surface area contributed by atoms with E-state index in [2.05, 4.69) is 5.14 Å². The zero-order valence-electron chi connectivity index (χ0n) is 7.03. The van der Waals surface area contributed by atoms with Gasteiger partial charge >= 0.3 is 0 Å². The van der Waals surface area contributed by atoms with Crippen molar-refractivity contribution in [1.29, 1.82) is 0 Å². The minimum Gasteiger partial charge on any atom is -0.215 e. The van der Waals surface area contributed by atoms with Crippen molar-refractivity contribution in [3.8, 4) is 0 Å². The minimum atomic E-state index is -4.20. The number of hydrogen-bond acceptors (Lipinski definition) is 4. The van der Waals surface area contributed by atoms with Crippen LogP contribution in [0.2, 0.25) is 0 Å². The van der Waals surface area contributed by atoms with E-state index in [-0.39, 0.29) is 0 Å². The van der Waals surface area contributed by atoms with Gasteiger partial charge in [0.05, 0.1) is 4.75 Å². The van der Waals surface area contributed by atoms with Gasteiger partial charge in [-0.25, -0.2) is 13.6 Å². The second-order valence-electron chi connectivity index (χ2n) is 3.24. The van der Waals surface area contributed by atoms with Crippen LogP contribution in [0.15, 0.2) is 0 Å². The van der Waals surface area contributed by atoms with E-state index < -0.39 is 25.0 Å². The van der Waals surface area contributed by atoms with Gasteiger partial charge < -0.3 is 0 Å². The molecule has 0 aliphatic rings. The number of hydrogen-bond donors (Lipinski definition) is 2. The molecule has 3 N–H and O–H groups in total. The first-order chi connectivity index (χ1) is 4.96. The van der Waals surface area contributed by atoms with E-state index in [4.69, 9.17) is 0 Å². The Morgan fingerprint density at radius 3 is 1.50 bits per heavy atom. The Bertz CT molecular complexity index is 347. The fourth-order valence-electron chi connectivity index (χ4n) is 0.278. The highest BCUT2D eigenvalue weighted by atomic mass is 32.3. The molecule has 0 heterocycles. The predicted molar refractivity (Wildman–Crippen MR) is 44.9 cm³/mol. The summed E-state index contributed by atoms with van der Waals surface area (Å²) in [6, 6.07) is 0. The molecule has 12 heavy (non-hydrogen) atoms. The third-order valence-electron chi connectivity index (χ3n) is 1.03. The van der Waals surface area contributed by atoms with Crippen molar-refractivity contribution in [2.45, 2.75) is 25.5 Å². The van der Waals surface area contributed by atoms with E-state index in [1.807, 2.05) is 0 Å². The molecule has 0 amide bonds. The van der Waals surface area contributed by atoms with Crippen LogP contribution < -0.4 is 9.27 Å². The van der Waals surface area contributed by atoms with E-state index in [1.54, 1.807) is 0 Å². The lowest BCUT2D eigenvalue weighted by Crippen LogP contribution is -2.45. The SMILES string of the molecule is CC(C)(C)S(=O)(=O)NS(N)(=O)=O. The average molecular weight is 216 g/mol. The molecule has 0 unspecified atom stereocenters. The third kappa shape index (κ3) is 3.48. The summed E-state index contributed by atoms with van der Waals surface area (Å²) in [7, 11) is -8.12. The molecule has 0 aliphatic heterocycles. The zero-order chi connectivity index (χ0) is 10.2. The van der Waals surface area contributed by atoms with Crippen molar-refractivity contribution in [3.05, 3.63) is 0 Å². The van der Waals surface area contributed by atoms with Gasteiger partial charge in [0.25, 0.3) is 10.2 Å². The molecule has 6 nitrogen and oxygen atoms in total. The molecular formula is C4H12N2O4S2. The van der Waals surface area contributed by atoms with Crippen LogP contribution in [0, 0.1) is 0 Å². The van der Waals surface area contributed by atoms with Crippen LogP contribution in [0.1, 0.15) is 20.8 Å². The van der Waals surface area contributed by atoms with Crippen LogP contribution >= 0.6 is 0 Å². The first kappa shape index (κ1) is 11.8. The molecule has 0 rings (SSSR count). The lowest BCUT2D eigenvalue weighted by atomic mass is 10.3. The Balaban J connectivity index is 4.96. The van der Waals surface area contributed by atoms with Crippen molar-refractivity contribution in [3.63, 3.8) is 0 Å². The van der Waals surface area contributed by atoms with Crippen molar-refractivity contribution in [2.24, 2.45) is 5.14 Å². The highest BCUT2D eigenvalue weighted by molar-refractivity contribution is 8.04. The van der Waals surface area contributed by atoms with Crippen LogP contribution in [0.5, 0.6) is 0 Å². The molecular weight excluding hydrogens is 204 g/mol. The summed E-state index contributed by atoms with van der Waals surface area (Å²) < 4.78 is 43.1. The van der Waals surface area contributed by atoms with Gasteiger partial charge in [0.2, 0.25) is 10.0 Å². The Morgan fingerprint density at radius 2 is 1.42 bits per heavy atom. The van der Waals surface area contributed by atoms with Crippen LogP contribution in [0.25, 0.3) is 0 Å². The standard InChI is InChI=1S/C4H12N2O4S2/c1-4(2,3)11(7,8)6-12(5,9)10/h6H,1-3H3,(H2,5,9,10). The molecule has 0 fully saturated rings. The van der Waals surface area contributed by atoms with Crippen LogP contribution in [0.4, 0.5) is 0 Å². The van der Waals surface area contributed by atoms with E-state index in [0.29, 0.717) is 0 Å². The molecule has 0 radical (unpaired) electrons. The molecule has 0 saturated carbocycles. The summed E-state index contributed by atoms with van der Waals surface area (Å²) in [4.78, 5) is 0. The predicted octanol–water partition coefficient (Wildman–Crippen LogP) is -1.09. The van der Waals surface area contributed by atoms with E-state index in [1.165, 1.54) is 24.9 Å². The molecule has 8 heteroatoms. The summed E-state index contributed by atoms with van der Waals surface area (Å²) in [6.07, 6.45) is 0. The fraction of sp³-hybridized carbons (Fsp3) is 1.00. The van der Waals surface area contributed by atoms with Crippen molar-refractivity contribution in [2.75, 3.05) is 0 Å². The Labute approximate surface area is 72.4 Å².